The maximum atomic E-state index is 8.50. The Morgan fingerprint density at radius 1 is 1.64 bits per heavy atom. The molecule has 0 saturated carbocycles. The Kier molecular flexibility index (Phi) is 7.70. The molecule has 3 N–H and O–H groups in total. The number of rotatable bonds is 7. The lowest BCUT2D eigenvalue weighted by molar-refractivity contribution is 0.285. The molecule has 84 valence electrons. The number of likely N-dealkylation sites (N-methyl/N-ethyl adjacent to an activating group) is 1. The van der Waals surface area contributed by atoms with Crippen LogP contribution in [-0.2, 0) is 0 Å². The van der Waals surface area contributed by atoms with E-state index in [0.717, 1.165) is 13.0 Å². The van der Waals surface area contributed by atoms with Crippen LogP contribution in [0.4, 0.5) is 0 Å². The van der Waals surface area contributed by atoms with Crippen molar-refractivity contribution in [1.29, 1.82) is 0 Å². The molecule has 0 radical (unpaired) electrons. The molecule has 1 unspecified atom stereocenters. The van der Waals surface area contributed by atoms with Gasteiger partial charge < -0.3 is 10.9 Å². The van der Waals surface area contributed by atoms with E-state index in [0.29, 0.717) is 0 Å². The van der Waals surface area contributed by atoms with Gasteiger partial charge in [-0.2, -0.15) is 11.8 Å². The van der Waals surface area contributed by atoms with Gasteiger partial charge in [-0.1, -0.05) is 12.1 Å². The van der Waals surface area contributed by atoms with E-state index in [1.807, 2.05) is 25.7 Å². The standard InChI is InChI=1S/C9H21N3OS/c1-4-14-7-5-6-12(3)8(2)9(10)11-13/h8,13H,4-7H2,1-3H3,(H2,10,11). The van der Waals surface area contributed by atoms with E-state index >= 15 is 0 Å². The molecular weight excluding hydrogens is 198 g/mol. The van der Waals surface area contributed by atoms with Crippen LogP contribution < -0.4 is 5.73 Å². The maximum Gasteiger partial charge on any atom is 0.156 e. The summed E-state index contributed by atoms with van der Waals surface area (Å²) in [6.45, 7) is 5.07. The van der Waals surface area contributed by atoms with Crippen molar-refractivity contribution < 1.29 is 5.21 Å². The highest BCUT2D eigenvalue weighted by molar-refractivity contribution is 7.99. The second kappa shape index (κ2) is 7.94. The average molecular weight is 219 g/mol. The number of amidine groups is 1. The second-order valence-corrected chi connectivity index (χ2v) is 4.63. The Morgan fingerprint density at radius 2 is 2.29 bits per heavy atom. The summed E-state index contributed by atoms with van der Waals surface area (Å²) < 4.78 is 0. The van der Waals surface area contributed by atoms with Crippen molar-refractivity contribution in [1.82, 2.24) is 4.90 Å². The first-order valence-corrected chi connectivity index (χ1v) is 6.04. The SMILES string of the molecule is CCSCCCN(C)C(C)C(N)=NO. The molecule has 0 amide bonds. The summed E-state index contributed by atoms with van der Waals surface area (Å²) >= 11 is 1.94. The van der Waals surface area contributed by atoms with E-state index in [4.69, 9.17) is 10.9 Å². The largest absolute Gasteiger partial charge is 0.409 e. The van der Waals surface area contributed by atoms with Crippen LogP contribution in [-0.4, -0.2) is 47.1 Å². The first kappa shape index (κ1) is 13.6. The first-order chi connectivity index (χ1) is 6.63. The number of hydrogen-bond acceptors (Lipinski definition) is 4. The molecule has 0 aliphatic rings. The van der Waals surface area contributed by atoms with Crippen molar-refractivity contribution in [3.05, 3.63) is 0 Å². The molecule has 0 saturated heterocycles. The zero-order valence-corrected chi connectivity index (χ0v) is 10.0. The summed E-state index contributed by atoms with van der Waals surface area (Å²) in [5.41, 5.74) is 5.50. The van der Waals surface area contributed by atoms with Crippen LogP contribution in [0.3, 0.4) is 0 Å². The highest BCUT2D eigenvalue weighted by atomic mass is 32.2. The van der Waals surface area contributed by atoms with Crippen molar-refractivity contribution in [2.24, 2.45) is 10.9 Å². The van der Waals surface area contributed by atoms with Gasteiger partial charge in [0.2, 0.25) is 0 Å². The topological polar surface area (TPSA) is 61.8 Å². The molecule has 0 fully saturated rings. The molecule has 1 atom stereocenters. The molecule has 0 bridgehead atoms. The number of hydrogen-bond donors (Lipinski definition) is 2. The van der Waals surface area contributed by atoms with Gasteiger partial charge in [-0.05, 0) is 38.4 Å². The normalized spacial score (nSPS) is 14.7. The van der Waals surface area contributed by atoms with Gasteiger partial charge in [0.05, 0.1) is 6.04 Å². The van der Waals surface area contributed by atoms with E-state index < -0.39 is 0 Å². The smallest absolute Gasteiger partial charge is 0.156 e. The zero-order chi connectivity index (χ0) is 11.0. The molecule has 0 rings (SSSR count). The van der Waals surface area contributed by atoms with Crippen LogP contribution in [0, 0.1) is 0 Å². The summed E-state index contributed by atoms with van der Waals surface area (Å²) in [5, 5.41) is 11.5. The van der Waals surface area contributed by atoms with E-state index in [1.54, 1.807) is 0 Å². The molecular formula is C9H21N3OS. The fourth-order valence-electron chi connectivity index (χ4n) is 1.06. The molecule has 5 heteroatoms. The average Bonchev–Trinajstić information content (AvgIpc) is 2.21. The predicted molar refractivity (Wildman–Crippen MR) is 63.1 cm³/mol. The summed E-state index contributed by atoms with van der Waals surface area (Å²) in [4.78, 5) is 2.09. The van der Waals surface area contributed by atoms with Crippen LogP contribution >= 0.6 is 11.8 Å². The minimum atomic E-state index is 0.00614. The monoisotopic (exact) mass is 219 g/mol. The summed E-state index contributed by atoms with van der Waals surface area (Å²) in [6.07, 6.45) is 1.14. The molecule has 0 aromatic rings. The van der Waals surface area contributed by atoms with Gasteiger partial charge in [0.25, 0.3) is 0 Å². The van der Waals surface area contributed by atoms with Gasteiger partial charge in [-0.3, -0.25) is 4.90 Å². The molecule has 0 heterocycles. The highest BCUT2D eigenvalue weighted by Gasteiger charge is 2.12. The number of nitrogens with two attached hydrogens (primary N) is 1. The van der Waals surface area contributed by atoms with Crippen molar-refractivity contribution in [2.45, 2.75) is 26.3 Å². The Labute approximate surface area is 90.5 Å². The van der Waals surface area contributed by atoms with Crippen molar-refractivity contribution in [3.63, 3.8) is 0 Å². The Balaban J connectivity index is 3.67. The van der Waals surface area contributed by atoms with Crippen LogP contribution in [0.2, 0.25) is 0 Å². The molecule has 0 aromatic heterocycles. The zero-order valence-electron chi connectivity index (χ0n) is 9.23. The lowest BCUT2D eigenvalue weighted by atomic mass is 10.2. The molecule has 0 spiro atoms. The lowest BCUT2D eigenvalue weighted by Crippen LogP contribution is -2.41. The maximum absolute atomic E-state index is 8.50. The molecule has 14 heavy (non-hydrogen) atoms. The molecule has 4 nitrogen and oxygen atoms in total. The highest BCUT2D eigenvalue weighted by Crippen LogP contribution is 2.03. The number of nitrogens with zero attached hydrogens (tertiary/aromatic N) is 2. The lowest BCUT2D eigenvalue weighted by Gasteiger charge is -2.23. The van der Waals surface area contributed by atoms with Gasteiger partial charge in [-0.15, -0.1) is 0 Å². The van der Waals surface area contributed by atoms with E-state index in [2.05, 4.69) is 17.0 Å². The molecule has 0 aromatic carbocycles. The second-order valence-electron chi connectivity index (χ2n) is 3.23. The van der Waals surface area contributed by atoms with E-state index in [9.17, 15) is 0 Å². The third-order valence-corrected chi connectivity index (χ3v) is 3.19. The van der Waals surface area contributed by atoms with Gasteiger partial charge in [-0.25, -0.2) is 0 Å². The molecule has 0 aliphatic carbocycles. The Morgan fingerprint density at radius 3 is 2.79 bits per heavy atom. The van der Waals surface area contributed by atoms with Crippen molar-refractivity contribution in [2.75, 3.05) is 25.1 Å². The van der Waals surface area contributed by atoms with Crippen LogP contribution in [0.1, 0.15) is 20.3 Å². The summed E-state index contributed by atoms with van der Waals surface area (Å²) in [6, 6.07) is 0.00614. The van der Waals surface area contributed by atoms with Gasteiger partial charge in [0.15, 0.2) is 5.84 Å². The van der Waals surface area contributed by atoms with Gasteiger partial charge in [0.1, 0.15) is 0 Å². The predicted octanol–water partition coefficient (Wildman–Crippen LogP) is 1.20. The van der Waals surface area contributed by atoms with E-state index in [-0.39, 0.29) is 11.9 Å². The minimum Gasteiger partial charge on any atom is -0.409 e. The third kappa shape index (κ3) is 5.34. The van der Waals surface area contributed by atoms with Crippen molar-refractivity contribution in [3.8, 4) is 0 Å². The number of oxime groups is 1. The summed E-state index contributed by atoms with van der Waals surface area (Å²) in [5.74, 6) is 2.61. The van der Waals surface area contributed by atoms with Crippen LogP contribution in [0.15, 0.2) is 5.16 Å². The first-order valence-electron chi connectivity index (χ1n) is 4.88. The summed E-state index contributed by atoms with van der Waals surface area (Å²) in [7, 11) is 1.99. The van der Waals surface area contributed by atoms with Crippen molar-refractivity contribution >= 4 is 17.6 Å². The fraction of sp³-hybridized carbons (Fsp3) is 0.889. The van der Waals surface area contributed by atoms with Gasteiger partial charge in [0, 0.05) is 0 Å². The van der Waals surface area contributed by atoms with E-state index in [1.165, 1.54) is 11.5 Å². The van der Waals surface area contributed by atoms with Crippen LogP contribution in [0.25, 0.3) is 0 Å². The number of thioether (sulfide) groups is 1. The quantitative estimate of drug-likeness (QED) is 0.222. The van der Waals surface area contributed by atoms with Crippen LogP contribution in [0.5, 0.6) is 0 Å². The minimum absolute atomic E-state index is 0.00614. The fourth-order valence-corrected chi connectivity index (χ4v) is 1.69. The molecule has 0 aliphatic heterocycles. The Bertz CT molecular complexity index is 175. The third-order valence-electron chi connectivity index (χ3n) is 2.21. The Hall–Kier alpha value is -0.420. The van der Waals surface area contributed by atoms with Gasteiger partial charge >= 0.3 is 0 Å².